The molecule has 9 heteroatoms. The number of carbonyl (C=O) groups excluding carboxylic acids is 2. The Kier molecular flexibility index (Phi) is 5.95. The molecule has 26 heavy (non-hydrogen) atoms. The average Bonchev–Trinajstić information content (AvgIpc) is 2.56. The van der Waals surface area contributed by atoms with Gasteiger partial charge in [0.15, 0.2) is 0 Å². The van der Waals surface area contributed by atoms with Crippen LogP contribution in [0.5, 0.6) is 0 Å². The first-order chi connectivity index (χ1) is 12.2. The Labute approximate surface area is 151 Å². The summed E-state index contributed by atoms with van der Waals surface area (Å²) in [5.74, 6) is -0.505. The van der Waals surface area contributed by atoms with Gasteiger partial charge in [-0.05, 0) is 48.7 Å². The number of ether oxygens (including phenoxy) is 1. The average molecular weight is 385 g/mol. The second-order valence-electron chi connectivity index (χ2n) is 4.91. The molecule has 0 saturated carbocycles. The molecule has 1 aromatic rings. The number of carbonyl (C=O) groups is 2. The van der Waals surface area contributed by atoms with Crippen LogP contribution in [0.25, 0.3) is 0 Å². The number of anilines is 1. The second kappa shape index (κ2) is 7.97. The molecule has 1 aliphatic carbocycles. The van der Waals surface area contributed by atoms with E-state index in [0.29, 0.717) is 17.3 Å². The van der Waals surface area contributed by atoms with E-state index in [1.54, 1.807) is 6.92 Å². The number of amides is 2. The van der Waals surface area contributed by atoms with Crippen LogP contribution in [0.3, 0.4) is 0 Å². The Bertz CT molecular complexity index is 860. The summed E-state index contributed by atoms with van der Waals surface area (Å²) in [6.07, 6.45) is -4.03. The number of hydrogen-bond donors (Lipinski definition) is 2. The summed E-state index contributed by atoms with van der Waals surface area (Å²) in [4.78, 5) is 23.4. The maximum absolute atomic E-state index is 12.8. The molecule has 0 aromatic heterocycles. The Balaban J connectivity index is 2.04. The molecule has 0 unspecified atom stereocenters. The lowest BCUT2D eigenvalue weighted by atomic mass is 10.1. The van der Waals surface area contributed by atoms with Crippen LogP contribution in [0, 0.1) is 0 Å². The molecule has 1 aliphatic rings. The first-order valence-corrected chi connectivity index (χ1v) is 7.64. The van der Waals surface area contributed by atoms with E-state index in [4.69, 9.17) is 16.3 Å². The van der Waals surface area contributed by atoms with E-state index in [0.717, 1.165) is 0 Å². The number of hydrogen-bond acceptors (Lipinski definition) is 3. The summed E-state index contributed by atoms with van der Waals surface area (Å²) in [7, 11) is 0. The molecular weight excluding hydrogens is 373 g/mol. The highest BCUT2D eigenvalue weighted by atomic mass is 35.5. The summed E-state index contributed by atoms with van der Waals surface area (Å²) < 4.78 is 43.2. The SMILES string of the molecule is CCOC(=O)c1ccc(NC(=O)NC2=C=C=C(Cl)C(C(F)(F)F)=C2)cc1. The molecule has 1 aromatic carbocycles. The topological polar surface area (TPSA) is 67.4 Å². The predicted molar refractivity (Wildman–Crippen MR) is 88.6 cm³/mol. The standard InChI is InChI=1S/C17H12ClF3N2O3/c1-2-26-15(24)10-3-5-11(6-4-10)22-16(25)23-12-7-8-14(18)13(9-12)17(19,20)21/h3-6,9H,2H2,1H3,(H2,22,23,25). The van der Waals surface area contributed by atoms with Crippen molar-refractivity contribution in [2.24, 2.45) is 0 Å². The van der Waals surface area contributed by atoms with Crippen molar-refractivity contribution < 1.29 is 27.5 Å². The molecule has 0 fully saturated rings. The fraction of sp³-hybridized carbons (Fsp3) is 0.176. The summed E-state index contributed by atoms with van der Waals surface area (Å²) in [6.45, 7) is 1.91. The minimum Gasteiger partial charge on any atom is -0.462 e. The maximum atomic E-state index is 12.8. The highest BCUT2D eigenvalue weighted by Gasteiger charge is 2.36. The van der Waals surface area contributed by atoms with Crippen LogP contribution < -0.4 is 10.6 Å². The molecule has 0 aliphatic heterocycles. The van der Waals surface area contributed by atoms with E-state index in [1.807, 2.05) is 0 Å². The van der Waals surface area contributed by atoms with Crippen molar-refractivity contribution >= 4 is 29.3 Å². The molecule has 0 radical (unpaired) electrons. The lowest BCUT2D eigenvalue weighted by molar-refractivity contribution is -0.0887. The molecular formula is C17H12ClF3N2O3. The fourth-order valence-electron chi connectivity index (χ4n) is 1.90. The lowest BCUT2D eigenvalue weighted by Gasteiger charge is -2.13. The lowest BCUT2D eigenvalue weighted by Crippen LogP contribution is -2.28. The van der Waals surface area contributed by atoms with Crippen molar-refractivity contribution in [1.29, 1.82) is 0 Å². The maximum Gasteiger partial charge on any atom is 0.418 e. The van der Waals surface area contributed by atoms with E-state index in [2.05, 4.69) is 22.1 Å². The predicted octanol–water partition coefficient (Wildman–Crippen LogP) is 4.25. The second-order valence-corrected chi connectivity index (χ2v) is 5.29. The van der Waals surface area contributed by atoms with Crippen molar-refractivity contribution in [1.82, 2.24) is 5.32 Å². The van der Waals surface area contributed by atoms with Crippen LogP contribution in [-0.2, 0) is 4.74 Å². The quantitative estimate of drug-likeness (QED) is 0.602. The molecule has 0 spiro atoms. The van der Waals surface area contributed by atoms with Gasteiger partial charge in [-0.3, -0.25) is 0 Å². The number of benzene rings is 1. The van der Waals surface area contributed by atoms with E-state index < -0.39 is 28.8 Å². The van der Waals surface area contributed by atoms with Crippen molar-refractivity contribution in [2.75, 3.05) is 11.9 Å². The number of esters is 1. The molecule has 0 atom stereocenters. The molecule has 0 heterocycles. The molecule has 0 saturated heterocycles. The van der Waals surface area contributed by atoms with Gasteiger partial charge < -0.3 is 15.4 Å². The van der Waals surface area contributed by atoms with Crippen LogP contribution in [0.15, 0.2) is 58.1 Å². The molecule has 2 N–H and O–H groups in total. The van der Waals surface area contributed by atoms with Gasteiger partial charge in [0, 0.05) is 5.69 Å². The smallest absolute Gasteiger partial charge is 0.418 e. The Morgan fingerprint density at radius 3 is 2.38 bits per heavy atom. The highest BCUT2D eigenvalue weighted by molar-refractivity contribution is 6.32. The van der Waals surface area contributed by atoms with Crippen LogP contribution in [-0.4, -0.2) is 24.8 Å². The minimum absolute atomic E-state index is 0.232. The van der Waals surface area contributed by atoms with Gasteiger partial charge in [-0.25, -0.2) is 9.59 Å². The van der Waals surface area contributed by atoms with Crippen LogP contribution >= 0.6 is 11.6 Å². The van der Waals surface area contributed by atoms with Crippen molar-refractivity contribution in [2.45, 2.75) is 13.1 Å². The largest absolute Gasteiger partial charge is 0.462 e. The van der Waals surface area contributed by atoms with Gasteiger partial charge in [0.1, 0.15) is 5.03 Å². The highest BCUT2D eigenvalue weighted by Crippen LogP contribution is 2.34. The molecule has 5 nitrogen and oxygen atoms in total. The van der Waals surface area contributed by atoms with Gasteiger partial charge in [-0.1, -0.05) is 11.6 Å². The normalized spacial score (nSPS) is 13.3. The minimum atomic E-state index is -4.68. The first-order valence-electron chi connectivity index (χ1n) is 7.26. The fourth-order valence-corrected chi connectivity index (χ4v) is 2.10. The van der Waals surface area contributed by atoms with Gasteiger partial charge >= 0.3 is 18.2 Å². The van der Waals surface area contributed by atoms with Gasteiger partial charge in [0.2, 0.25) is 0 Å². The summed E-state index contributed by atoms with van der Waals surface area (Å²) in [5.41, 5.74) is 3.66. The van der Waals surface area contributed by atoms with Gasteiger partial charge in [-0.2, -0.15) is 13.2 Å². The monoisotopic (exact) mass is 384 g/mol. The third-order valence-corrected chi connectivity index (χ3v) is 3.34. The van der Waals surface area contributed by atoms with Crippen molar-refractivity contribution in [3.8, 4) is 0 Å². The number of halogens is 4. The van der Waals surface area contributed by atoms with Crippen molar-refractivity contribution in [3.63, 3.8) is 0 Å². The third-order valence-electron chi connectivity index (χ3n) is 3.04. The number of nitrogens with one attached hydrogen (secondary N) is 2. The summed E-state index contributed by atoms with van der Waals surface area (Å²) in [5, 5.41) is 3.97. The van der Waals surface area contributed by atoms with Gasteiger partial charge in [0.05, 0.1) is 23.4 Å². The number of alkyl halides is 3. The molecule has 2 rings (SSSR count). The van der Waals surface area contributed by atoms with Gasteiger partial charge in [0.25, 0.3) is 0 Å². The molecule has 2 amide bonds. The number of allylic oxidation sites excluding steroid dienone is 3. The van der Waals surface area contributed by atoms with Crippen molar-refractivity contribution in [3.05, 3.63) is 63.7 Å². The zero-order chi connectivity index (χ0) is 19.3. The molecule has 0 bridgehead atoms. The van der Waals surface area contributed by atoms with E-state index >= 15 is 0 Å². The Morgan fingerprint density at radius 1 is 1.15 bits per heavy atom. The third kappa shape index (κ3) is 5.04. The van der Waals surface area contributed by atoms with E-state index in [-0.39, 0.29) is 12.3 Å². The summed E-state index contributed by atoms with van der Waals surface area (Å²) in [6, 6.07) is 4.98. The zero-order valence-corrected chi connectivity index (χ0v) is 14.1. The van der Waals surface area contributed by atoms with E-state index in [1.165, 1.54) is 24.3 Å². The first kappa shape index (κ1) is 19.4. The summed E-state index contributed by atoms with van der Waals surface area (Å²) >= 11 is 5.44. The zero-order valence-electron chi connectivity index (χ0n) is 13.3. The van der Waals surface area contributed by atoms with Crippen LogP contribution in [0.2, 0.25) is 0 Å². The van der Waals surface area contributed by atoms with E-state index in [9.17, 15) is 22.8 Å². The number of rotatable bonds is 4. The molecule has 136 valence electrons. The number of urea groups is 1. The van der Waals surface area contributed by atoms with Gasteiger partial charge in [-0.15, -0.1) is 0 Å². The van der Waals surface area contributed by atoms with Crippen LogP contribution in [0.1, 0.15) is 17.3 Å². The Morgan fingerprint density at radius 2 is 1.81 bits per heavy atom. The van der Waals surface area contributed by atoms with Crippen LogP contribution in [0.4, 0.5) is 23.7 Å². The Hall–Kier alpha value is -2.92.